The first kappa shape index (κ1) is 14.7. The Morgan fingerprint density at radius 2 is 1.89 bits per heavy atom. The van der Waals surface area contributed by atoms with Crippen molar-refractivity contribution in [2.45, 2.75) is 24.3 Å². The molecule has 1 aromatic rings. The summed E-state index contributed by atoms with van der Waals surface area (Å²) in [5.74, 6) is -0.871. The molecule has 0 aromatic heterocycles. The zero-order valence-corrected chi connectivity index (χ0v) is 12.2. The van der Waals surface area contributed by atoms with E-state index in [0.717, 1.165) is 0 Å². The highest BCUT2D eigenvalue weighted by Gasteiger charge is 2.41. The summed E-state index contributed by atoms with van der Waals surface area (Å²) in [6, 6.07) is 8.58. The summed E-state index contributed by atoms with van der Waals surface area (Å²) < 4.78 is 5.34. The third-order valence-electron chi connectivity index (χ3n) is 2.75. The Kier molecular flexibility index (Phi) is 4.90. The van der Waals surface area contributed by atoms with E-state index in [-0.39, 0.29) is 10.7 Å². The number of likely N-dealkylation sites (N-methyl/N-ethyl adjacent to an activating group) is 1. The van der Waals surface area contributed by atoms with E-state index in [4.69, 9.17) is 4.74 Å². The van der Waals surface area contributed by atoms with Gasteiger partial charge in [0.15, 0.2) is 5.60 Å². The van der Waals surface area contributed by atoms with Crippen molar-refractivity contribution in [1.82, 2.24) is 5.32 Å². The van der Waals surface area contributed by atoms with Gasteiger partial charge in [-0.15, -0.1) is 0 Å². The highest BCUT2D eigenvalue weighted by Crippen LogP contribution is 2.24. The molecule has 0 fully saturated rings. The number of ether oxygens (including phenoxy) is 1. The minimum Gasteiger partial charge on any atom is -0.444 e. The molecule has 0 bridgehead atoms. The topological polar surface area (TPSA) is 55.4 Å². The molecule has 0 unspecified atom stereocenters. The van der Waals surface area contributed by atoms with Crippen LogP contribution < -0.4 is 5.32 Å². The largest absolute Gasteiger partial charge is 0.444 e. The second-order valence-corrected chi connectivity index (χ2v) is 5.43. The van der Waals surface area contributed by atoms with Crippen LogP contribution in [0.2, 0.25) is 0 Å². The zero-order chi connectivity index (χ0) is 13.8. The number of nitrogens with one attached hydrogen (secondary N) is 1. The van der Waals surface area contributed by atoms with Gasteiger partial charge in [-0.05, 0) is 26.0 Å². The monoisotopic (exact) mass is 313 g/mol. The molecular weight excluding hydrogens is 298 g/mol. The molecule has 98 valence electrons. The van der Waals surface area contributed by atoms with Gasteiger partial charge < -0.3 is 10.1 Å². The van der Waals surface area contributed by atoms with E-state index in [2.05, 4.69) is 21.2 Å². The summed E-state index contributed by atoms with van der Waals surface area (Å²) in [7, 11) is 1.51. The lowest BCUT2D eigenvalue weighted by Gasteiger charge is -2.30. The van der Waals surface area contributed by atoms with Crippen LogP contribution in [0.15, 0.2) is 30.3 Å². The van der Waals surface area contributed by atoms with Gasteiger partial charge in [0.2, 0.25) is 0 Å². The Labute approximate surface area is 115 Å². The smallest absolute Gasteiger partial charge is 0.339 e. The SMILES string of the molecule is CNC(=O)[C@](C)(OC(=O)c1ccccc1)[C@H](C)Br. The van der Waals surface area contributed by atoms with E-state index >= 15 is 0 Å². The van der Waals surface area contributed by atoms with E-state index in [1.54, 1.807) is 38.1 Å². The molecule has 0 spiro atoms. The first-order chi connectivity index (χ1) is 8.41. The number of benzene rings is 1. The second kappa shape index (κ2) is 6.00. The fraction of sp³-hybridized carbons (Fsp3) is 0.385. The van der Waals surface area contributed by atoms with Gasteiger partial charge in [-0.2, -0.15) is 0 Å². The van der Waals surface area contributed by atoms with E-state index in [0.29, 0.717) is 5.56 Å². The van der Waals surface area contributed by atoms with Crippen molar-refractivity contribution in [3.05, 3.63) is 35.9 Å². The standard InChI is InChI=1S/C13H16BrNO3/c1-9(14)13(2,12(17)15-3)18-11(16)10-7-5-4-6-8-10/h4-9H,1-3H3,(H,15,17)/t9-,13+/m0/s1. The Morgan fingerprint density at radius 3 is 2.33 bits per heavy atom. The minimum atomic E-state index is -1.25. The summed E-state index contributed by atoms with van der Waals surface area (Å²) >= 11 is 3.30. The van der Waals surface area contributed by atoms with Crippen molar-refractivity contribution in [3.63, 3.8) is 0 Å². The first-order valence-corrected chi connectivity index (χ1v) is 6.48. The minimum absolute atomic E-state index is 0.308. The van der Waals surface area contributed by atoms with Crippen LogP contribution >= 0.6 is 15.9 Å². The van der Waals surface area contributed by atoms with Crippen LogP contribution in [-0.2, 0) is 9.53 Å². The third kappa shape index (κ3) is 3.10. The third-order valence-corrected chi connectivity index (χ3v) is 3.62. The van der Waals surface area contributed by atoms with Crippen molar-refractivity contribution in [1.29, 1.82) is 0 Å². The molecule has 0 saturated carbocycles. The van der Waals surface area contributed by atoms with Crippen LogP contribution in [-0.4, -0.2) is 29.4 Å². The maximum Gasteiger partial charge on any atom is 0.339 e. The highest BCUT2D eigenvalue weighted by atomic mass is 79.9. The maximum absolute atomic E-state index is 12.0. The average Bonchev–Trinajstić information content (AvgIpc) is 2.38. The molecule has 1 amide bonds. The van der Waals surface area contributed by atoms with Crippen LogP contribution in [0.1, 0.15) is 24.2 Å². The molecule has 1 rings (SSSR count). The Morgan fingerprint density at radius 1 is 1.33 bits per heavy atom. The number of alkyl halides is 1. The van der Waals surface area contributed by atoms with Crippen LogP contribution in [0.4, 0.5) is 0 Å². The van der Waals surface area contributed by atoms with Crippen LogP contribution in [0.5, 0.6) is 0 Å². The number of halogens is 1. The molecule has 18 heavy (non-hydrogen) atoms. The summed E-state index contributed by atoms with van der Waals surface area (Å²) in [5, 5.41) is 2.50. The summed E-state index contributed by atoms with van der Waals surface area (Å²) in [4.78, 5) is 23.5. The van der Waals surface area contributed by atoms with Gasteiger partial charge >= 0.3 is 5.97 Å². The Bertz CT molecular complexity index is 433. The molecule has 0 saturated heterocycles. The summed E-state index contributed by atoms with van der Waals surface area (Å²) in [5.41, 5.74) is -0.831. The molecular formula is C13H16BrNO3. The lowest BCUT2D eigenvalue weighted by atomic mass is 10.0. The number of rotatable bonds is 4. The molecule has 1 N–H and O–H groups in total. The number of esters is 1. The lowest BCUT2D eigenvalue weighted by molar-refractivity contribution is -0.138. The Balaban J connectivity index is 2.92. The molecule has 0 heterocycles. The predicted molar refractivity (Wildman–Crippen MR) is 72.7 cm³/mol. The number of amides is 1. The fourth-order valence-electron chi connectivity index (χ4n) is 1.38. The summed E-state index contributed by atoms with van der Waals surface area (Å²) in [6.07, 6.45) is 0. The second-order valence-electron chi connectivity index (χ2n) is 4.06. The average molecular weight is 314 g/mol. The fourth-order valence-corrected chi connectivity index (χ4v) is 1.68. The first-order valence-electron chi connectivity index (χ1n) is 5.56. The van der Waals surface area contributed by atoms with Crippen LogP contribution in [0, 0.1) is 0 Å². The molecule has 0 radical (unpaired) electrons. The van der Waals surface area contributed by atoms with Gasteiger partial charge in [0, 0.05) is 7.05 Å². The van der Waals surface area contributed by atoms with Gasteiger partial charge in [0.25, 0.3) is 5.91 Å². The van der Waals surface area contributed by atoms with Gasteiger partial charge in [0.05, 0.1) is 10.4 Å². The van der Waals surface area contributed by atoms with Crippen molar-refractivity contribution in [3.8, 4) is 0 Å². The van der Waals surface area contributed by atoms with Crippen molar-refractivity contribution >= 4 is 27.8 Å². The molecule has 4 nitrogen and oxygen atoms in total. The quantitative estimate of drug-likeness (QED) is 0.684. The van der Waals surface area contributed by atoms with Crippen molar-refractivity contribution in [2.24, 2.45) is 0 Å². The zero-order valence-electron chi connectivity index (χ0n) is 10.6. The molecule has 0 aliphatic carbocycles. The van der Waals surface area contributed by atoms with E-state index in [9.17, 15) is 9.59 Å². The Hall–Kier alpha value is -1.36. The summed E-state index contributed by atoms with van der Waals surface area (Å²) in [6.45, 7) is 3.33. The normalized spacial score (nSPS) is 15.3. The molecule has 0 aliphatic heterocycles. The predicted octanol–water partition coefficient (Wildman–Crippen LogP) is 2.13. The van der Waals surface area contributed by atoms with Crippen molar-refractivity contribution < 1.29 is 14.3 Å². The maximum atomic E-state index is 12.0. The van der Waals surface area contributed by atoms with E-state index < -0.39 is 11.6 Å². The molecule has 0 aliphatic rings. The number of carbonyl (C=O) groups excluding carboxylic acids is 2. The molecule has 1 aromatic carbocycles. The van der Waals surface area contributed by atoms with Gasteiger partial charge in [-0.1, -0.05) is 34.1 Å². The molecule has 2 atom stereocenters. The van der Waals surface area contributed by atoms with E-state index in [1.807, 2.05) is 6.07 Å². The molecule has 5 heteroatoms. The van der Waals surface area contributed by atoms with Crippen LogP contribution in [0.3, 0.4) is 0 Å². The number of hydrogen-bond acceptors (Lipinski definition) is 3. The number of hydrogen-bond donors (Lipinski definition) is 1. The van der Waals surface area contributed by atoms with Gasteiger partial charge in [0.1, 0.15) is 0 Å². The highest BCUT2D eigenvalue weighted by molar-refractivity contribution is 9.09. The lowest BCUT2D eigenvalue weighted by Crippen LogP contribution is -2.51. The van der Waals surface area contributed by atoms with E-state index in [1.165, 1.54) is 7.05 Å². The number of carbonyl (C=O) groups is 2. The van der Waals surface area contributed by atoms with Gasteiger partial charge in [-0.3, -0.25) is 4.79 Å². The van der Waals surface area contributed by atoms with Crippen molar-refractivity contribution in [2.75, 3.05) is 7.05 Å². The van der Waals surface area contributed by atoms with Crippen LogP contribution in [0.25, 0.3) is 0 Å². The van der Waals surface area contributed by atoms with Gasteiger partial charge in [-0.25, -0.2) is 4.79 Å².